The number of rotatable bonds is 7. The number of aryl methyl sites for hydroxylation is 1. The summed E-state index contributed by atoms with van der Waals surface area (Å²) in [7, 11) is 0. The zero-order chi connectivity index (χ0) is 22.7. The number of nitrogens with zero attached hydrogens (tertiary/aromatic N) is 3. The Kier molecular flexibility index (Phi) is 6.43. The number of carboxylic acid groups (broad SMARTS) is 1. The maximum Gasteiger partial charge on any atom is 0.341 e. The number of aromatic hydroxyl groups is 1. The first-order valence-corrected chi connectivity index (χ1v) is 10.1. The van der Waals surface area contributed by atoms with Crippen LogP contribution >= 0.6 is 0 Å². The SMILES string of the molecule is CCCN(CCN1CCn2cc(C(=O)O)c(=O)c(O)c2C1=O)C(=O)c1cccc(C)c1. The largest absolute Gasteiger partial charge is 0.503 e. The minimum absolute atomic E-state index is 0.124. The molecule has 2 heterocycles. The van der Waals surface area contributed by atoms with Crippen molar-refractivity contribution >= 4 is 17.8 Å². The molecule has 0 radical (unpaired) electrons. The summed E-state index contributed by atoms with van der Waals surface area (Å²) in [4.78, 5) is 52.2. The summed E-state index contributed by atoms with van der Waals surface area (Å²) in [5.41, 5.74) is -0.342. The average molecular weight is 427 g/mol. The lowest BCUT2D eigenvalue weighted by molar-refractivity contribution is 0.0620. The number of hydrogen-bond acceptors (Lipinski definition) is 5. The van der Waals surface area contributed by atoms with E-state index in [0.717, 1.165) is 18.2 Å². The van der Waals surface area contributed by atoms with E-state index in [0.29, 0.717) is 18.7 Å². The van der Waals surface area contributed by atoms with Crippen LogP contribution in [0.4, 0.5) is 0 Å². The Morgan fingerprint density at radius 2 is 1.90 bits per heavy atom. The second kappa shape index (κ2) is 9.03. The van der Waals surface area contributed by atoms with Crippen molar-refractivity contribution in [2.24, 2.45) is 0 Å². The van der Waals surface area contributed by atoms with Gasteiger partial charge in [-0.05, 0) is 25.5 Å². The van der Waals surface area contributed by atoms with Gasteiger partial charge in [-0.25, -0.2) is 4.79 Å². The van der Waals surface area contributed by atoms with Crippen LogP contribution in [0.3, 0.4) is 0 Å². The standard InChI is InChI=1S/C22H25N3O6/c1-3-7-23(20(28)15-6-4-5-14(2)12-15)8-9-24-10-11-25-13-16(22(30)31)18(26)19(27)17(25)21(24)29/h4-6,12-13,27H,3,7-11H2,1-2H3,(H,30,31). The van der Waals surface area contributed by atoms with Gasteiger partial charge in [-0.15, -0.1) is 0 Å². The van der Waals surface area contributed by atoms with Crippen LogP contribution in [-0.4, -0.2) is 68.5 Å². The highest BCUT2D eigenvalue weighted by Crippen LogP contribution is 2.20. The monoisotopic (exact) mass is 427 g/mol. The van der Waals surface area contributed by atoms with E-state index in [1.165, 1.54) is 9.47 Å². The van der Waals surface area contributed by atoms with Crippen LogP contribution in [0.5, 0.6) is 5.75 Å². The first-order chi connectivity index (χ1) is 14.7. The fourth-order valence-electron chi connectivity index (χ4n) is 3.68. The van der Waals surface area contributed by atoms with Crippen molar-refractivity contribution in [1.82, 2.24) is 14.4 Å². The van der Waals surface area contributed by atoms with E-state index < -0.39 is 28.6 Å². The van der Waals surface area contributed by atoms with Crippen molar-refractivity contribution in [3.8, 4) is 5.75 Å². The number of aromatic nitrogens is 1. The van der Waals surface area contributed by atoms with E-state index in [4.69, 9.17) is 5.11 Å². The molecule has 0 atom stereocenters. The smallest absolute Gasteiger partial charge is 0.341 e. The summed E-state index contributed by atoms with van der Waals surface area (Å²) in [6, 6.07) is 7.31. The molecule has 9 nitrogen and oxygen atoms in total. The van der Waals surface area contributed by atoms with Crippen LogP contribution in [0, 0.1) is 6.92 Å². The van der Waals surface area contributed by atoms with Gasteiger partial charge in [-0.2, -0.15) is 0 Å². The van der Waals surface area contributed by atoms with Gasteiger partial charge in [0, 0.05) is 44.5 Å². The van der Waals surface area contributed by atoms with E-state index >= 15 is 0 Å². The number of hydrogen-bond donors (Lipinski definition) is 2. The number of pyridine rings is 1. The number of carboxylic acids is 1. The fraction of sp³-hybridized carbons (Fsp3) is 0.364. The van der Waals surface area contributed by atoms with Gasteiger partial charge in [-0.1, -0.05) is 24.6 Å². The summed E-state index contributed by atoms with van der Waals surface area (Å²) in [6.45, 7) is 5.42. The molecule has 0 saturated carbocycles. The molecule has 164 valence electrons. The highest BCUT2D eigenvalue weighted by Gasteiger charge is 2.31. The Morgan fingerprint density at radius 1 is 1.16 bits per heavy atom. The minimum atomic E-state index is -1.46. The van der Waals surface area contributed by atoms with Crippen LogP contribution in [0.25, 0.3) is 0 Å². The molecule has 0 aliphatic carbocycles. The van der Waals surface area contributed by atoms with Gasteiger partial charge in [-0.3, -0.25) is 14.4 Å². The summed E-state index contributed by atoms with van der Waals surface area (Å²) in [6.07, 6.45) is 1.84. The molecule has 1 aliphatic heterocycles. The van der Waals surface area contributed by atoms with Crippen LogP contribution in [-0.2, 0) is 6.54 Å². The third kappa shape index (κ3) is 4.45. The Bertz CT molecular complexity index is 1090. The molecule has 0 unspecified atom stereocenters. The van der Waals surface area contributed by atoms with Crippen LogP contribution in [0.1, 0.15) is 50.1 Å². The molecule has 0 spiro atoms. The Morgan fingerprint density at radius 3 is 2.55 bits per heavy atom. The number of aromatic carboxylic acids is 1. The Hall–Kier alpha value is -3.62. The summed E-state index contributed by atoms with van der Waals surface area (Å²) in [5.74, 6) is -3.02. The number of carbonyl (C=O) groups is 3. The Balaban J connectivity index is 1.78. The maximum atomic E-state index is 12.9. The first kappa shape index (κ1) is 22.1. The van der Waals surface area contributed by atoms with Crippen molar-refractivity contribution in [2.45, 2.75) is 26.8 Å². The molecular weight excluding hydrogens is 402 g/mol. The minimum Gasteiger partial charge on any atom is -0.503 e. The zero-order valence-corrected chi connectivity index (χ0v) is 17.5. The lowest BCUT2D eigenvalue weighted by Gasteiger charge is -2.32. The number of amides is 2. The number of benzene rings is 1. The average Bonchev–Trinajstić information content (AvgIpc) is 2.73. The maximum absolute atomic E-state index is 12.9. The molecule has 0 saturated heterocycles. The molecule has 2 aromatic rings. The van der Waals surface area contributed by atoms with Crippen molar-refractivity contribution in [3.63, 3.8) is 0 Å². The molecule has 0 fully saturated rings. The summed E-state index contributed by atoms with van der Waals surface area (Å²) in [5, 5.41) is 19.3. The van der Waals surface area contributed by atoms with Crippen LogP contribution in [0.2, 0.25) is 0 Å². The molecule has 0 bridgehead atoms. The van der Waals surface area contributed by atoms with Gasteiger partial charge >= 0.3 is 5.97 Å². The molecular formula is C22H25N3O6. The number of fused-ring (bicyclic) bond motifs is 1. The molecule has 1 aromatic carbocycles. The summed E-state index contributed by atoms with van der Waals surface area (Å²) < 4.78 is 1.29. The fourth-order valence-corrected chi connectivity index (χ4v) is 3.68. The highest BCUT2D eigenvalue weighted by molar-refractivity contribution is 5.97. The van der Waals surface area contributed by atoms with Crippen molar-refractivity contribution in [3.05, 3.63) is 63.1 Å². The highest BCUT2D eigenvalue weighted by atomic mass is 16.4. The third-order valence-corrected chi connectivity index (χ3v) is 5.27. The predicted molar refractivity (Wildman–Crippen MR) is 113 cm³/mol. The van der Waals surface area contributed by atoms with Gasteiger partial charge in [0.2, 0.25) is 5.43 Å². The Labute approximate surface area is 179 Å². The summed E-state index contributed by atoms with van der Waals surface area (Å²) >= 11 is 0. The molecule has 2 N–H and O–H groups in total. The quantitative estimate of drug-likeness (QED) is 0.692. The first-order valence-electron chi connectivity index (χ1n) is 10.1. The second-order valence-corrected chi connectivity index (χ2v) is 7.52. The van der Waals surface area contributed by atoms with Crippen molar-refractivity contribution in [2.75, 3.05) is 26.2 Å². The van der Waals surface area contributed by atoms with Crippen molar-refractivity contribution < 1.29 is 24.6 Å². The predicted octanol–water partition coefficient (Wildman–Crippen LogP) is 1.57. The number of carbonyl (C=O) groups excluding carboxylic acids is 2. The van der Waals surface area contributed by atoms with E-state index in [-0.39, 0.29) is 31.2 Å². The van der Waals surface area contributed by atoms with Crippen molar-refractivity contribution in [1.29, 1.82) is 0 Å². The van der Waals surface area contributed by atoms with Gasteiger partial charge in [0.25, 0.3) is 11.8 Å². The lowest BCUT2D eigenvalue weighted by atomic mass is 10.1. The van der Waals surface area contributed by atoms with Crippen LogP contribution < -0.4 is 5.43 Å². The van der Waals surface area contributed by atoms with Gasteiger partial charge < -0.3 is 24.6 Å². The topological polar surface area (TPSA) is 120 Å². The van der Waals surface area contributed by atoms with Gasteiger partial charge in [0.15, 0.2) is 11.4 Å². The molecule has 1 aliphatic rings. The third-order valence-electron chi connectivity index (χ3n) is 5.27. The van der Waals surface area contributed by atoms with Gasteiger partial charge in [0.05, 0.1) is 0 Å². The molecule has 9 heteroatoms. The molecule has 3 rings (SSSR count). The molecule has 2 amide bonds. The molecule has 1 aromatic heterocycles. The zero-order valence-electron chi connectivity index (χ0n) is 17.5. The van der Waals surface area contributed by atoms with Gasteiger partial charge in [0.1, 0.15) is 5.56 Å². The van der Waals surface area contributed by atoms with E-state index in [1.54, 1.807) is 11.0 Å². The van der Waals surface area contributed by atoms with E-state index in [9.17, 15) is 24.3 Å². The van der Waals surface area contributed by atoms with Crippen LogP contribution in [0.15, 0.2) is 35.3 Å². The van der Waals surface area contributed by atoms with E-state index in [2.05, 4.69) is 0 Å². The second-order valence-electron chi connectivity index (χ2n) is 7.52. The van der Waals surface area contributed by atoms with E-state index in [1.807, 2.05) is 32.0 Å². The molecule has 31 heavy (non-hydrogen) atoms. The lowest BCUT2D eigenvalue weighted by Crippen LogP contribution is -2.46. The normalized spacial score (nSPS) is 13.1.